The molecule has 2 aromatic rings. The number of hydrogen-bond acceptors (Lipinski definition) is 3. The molecule has 1 aromatic carbocycles. The van der Waals surface area contributed by atoms with Gasteiger partial charge in [-0.05, 0) is 43.3 Å². The highest BCUT2D eigenvalue weighted by Gasteiger charge is 2.31. The van der Waals surface area contributed by atoms with Gasteiger partial charge in [-0.3, -0.25) is 0 Å². The fraction of sp³-hybridized carbons (Fsp3) is 0.286. The minimum atomic E-state index is -4.70. The first-order chi connectivity index (χ1) is 9.40. The Morgan fingerprint density at radius 3 is 2.55 bits per heavy atom. The van der Waals surface area contributed by atoms with Crippen molar-refractivity contribution < 1.29 is 22.3 Å². The summed E-state index contributed by atoms with van der Waals surface area (Å²) in [6.07, 6.45) is -3.15. The van der Waals surface area contributed by atoms with Gasteiger partial charge >= 0.3 is 6.36 Å². The second kappa shape index (κ2) is 5.58. The summed E-state index contributed by atoms with van der Waals surface area (Å²) >= 11 is 0. The molecule has 2 rings (SSSR count). The molecule has 1 unspecified atom stereocenters. The zero-order valence-corrected chi connectivity index (χ0v) is 11.0. The monoisotopic (exact) mass is 285 g/mol. The van der Waals surface area contributed by atoms with Crippen molar-refractivity contribution in [3.63, 3.8) is 0 Å². The number of furan rings is 1. The summed E-state index contributed by atoms with van der Waals surface area (Å²) in [6, 6.07) is 7.30. The molecule has 108 valence electrons. The Balaban J connectivity index is 2.32. The first-order valence-electron chi connectivity index (χ1n) is 5.97. The quantitative estimate of drug-likeness (QED) is 0.928. The van der Waals surface area contributed by atoms with E-state index in [1.54, 1.807) is 25.4 Å². The third-order valence-corrected chi connectivity index (χ3v) is 2.88. The van der Waals surface area contributed by atoms with Gasteiger partial charge in [-0.2, -0.15) is 0 Å². The molecule has 0 bridgehead atoms. The van der Waals surface area contributed by atoms with Crippen molar-refractivity contribution in [1.29, 1.82) is 0 Å². The molecule has 1 heterocycles. The summed E-state index contributed by atoms with van der Waals surface area (Å²) in [7, 11) is 1.71. The maximum absolute atomic E-state index is 12.2. The van der Waals surface area contributed by atoms with E-state index in [0.717, 1.165) is 5.56 Å². The predicted molar refractivity (Wildman–Crippen MR) is 67.5 cm³/mol. The zero-order valence-electron chi connectivity index (χ0n) is 11.0. The lowest BCUT2D eigenvalue weighted by Gasteiger charge is -2.17. The maximum atomic E-state index is 12.2. The molecule has 3 nitrogen and oxygen atoms in total. The normalized spacial score (nSPS) is 13.2. The van der Waals surface area contributed by atoms with Gasteiger partial charge < -0.3 is 14.5 Å². The molecule has 0 aliphatic rings. The standard InChI is InChI=1S/C14H14F3NO2/c1-9-6-7-19-13(9)12(18-2)10-4-3-5-11(8-10)20-14(15,16)17/h3-8,12,18H,1-2H3. The number of rotatable bonds is 4. The highest BCUT2D eigenvalue weighted by atomic mass is 19.4. The molecule has 0 spiro atoms. The summed E-state index contributed by atoms with van der Waals surface area (Å²) in [5.74, 6) is 0.413. The van der Waals surface area contributed by atoms with Gasteiger partial charge in [0.25, 0.3) is 0 Å². The molecular weight excluding hydrogens is 271 g/mol. The first kappa shape index (κ1) is 14.5. The second-order valence-corrected chi connectivity index (χ2v) is 4.31. The maximum Gasteiger partial charge on any atom is 0.573 e. The summed E-state index contributed by atoms with van der Waals surface area (Å²) in [4.78, 5) is 0. The Hall–Kier alpha value is -1.95. The number of nitrogens with one attached hydrogen (secondary N) is 1. The number of alkyl halides is 3. The van der Waals surface area contributed by atoms with E-state index in [1.165, 1.54) is 18.2 Å². The van der Waals surface area contributed by atoms with Crippen molar-refractivity contribution in [2.24, 2.45) is 0 Å². The van der Waals surface area contributed by atoms with Crippen LogP contribution < -0.4 is 10.1 Å². The number of halogens is 3. The van der Waals surface area contributed by atoms with Crippen molar-refractivity contribution in [2.75, 3.05) is 7.05 Å². The molecule has 0 radical (unpaired) electrons. The number of benzene rings is 1. The summed E-state index contributed by atoms with van der Waals surface area (Å²) in [5, 5.41) is 3.02. The van der Waals surface area contributed by atoms with Gasteiger partial charge in [-0.1, -0.05) is 12.1 Å². The van der Waals surface area contributed by atoms with E-state index in [1.807, 2.05) is 6.92 Å². The zero-order chi connectivity index (χ0) is 14.8. The summed E-state index contributed by atoms with van der Waals surface area (Å²) in [6.45, 7) is 1.87. The van der Waals surface area contributed by atoms with E-state index in [0.29, 0.717) is 11.3 Å². The minimum Gasteiger partial charge on any atom is -0.467 e. The van der Waals surface area contributed by atoms with E-state index >= 15 is 0 Å². The van der Waals surface area contributed by atoms with Gasteiger partial charge in [0.2, 0.25) is 0 Å². The van der Waals surface area contributed by atoms with Gasteiger partial charge in [0.15, 0.2) is 0 Å². The lowest BCUT2D eigenvalue weighted by atomic mass is 10.0. The average molecular weight is 285 g/mol. The highest BCUT2D eigenvalue weighted by Crippen LogP contribution is 2.29. The predicted octanol–water partition coefficient (Wildman–Crippen LogP) is 3.80. The molecule has 6 heteroatoms. The van der Waals surface area contributed by atoms with E-state index < -0.39 is 6.36 Å². The number of hydrogen-bond donors (Lipinski definition) is 1. The third-order valence-electron chi connectivity index (χ3n) is 2.88. The number of aryl methyl sites for hydroxylation is 1. The van der Waals surface area contributed by atoms with E-state index in [2.05, 4.69) is 10.1 Å². The van der Waals surface area contributed by atoms with Crippen molar-refractivity contribution in [3.05, 3.63) is 53.5 Å². The Morgan fingerprint density at radius 1 is 1.25 bits per heavy atom. The van der Waals surface area contributed by atoms with E-state index in [-0.39, 0.29) is 11.8 Å². The van der Waals surface area contributed by atoms with Crippen LogP contribution in [0.25, 0.3) is 0 Å². The van der Waals surface area contributed by atoms with Crippen LogP contribution in [0.15, 0.2) is 41.0 Å². The van der Waals surface area contributed by atoms with Crippen LogP contribution in [0.1, 0.15) is 22.9 Å². The molecule has 0 fully saturated rings. The molecule has 0 saturated carbocycles. The van der Waals surface area contributed by atoms with Crippen molar-refractivity contribution in [3.8, 4) is 5.75 Å². The molecule has 0 amide bonds. The van der Waals surface area contributed by atoms with Crippen LogP contribution in [0.2, 0.25) is 0 Å². The van der Waals surface area contributed by atoms with Gasteiger partial charge in [0.05, 0.1) is 12.3 Å². The summed E-state index contributed by atoms with van der Waals surface area (Å²) < 4.78 is 46.0. The topological polar surface area (TPSA) is 34.4 Å². The molecule has 0 aliphatic carbocycles. The van der Waals surface area contributed by atoms with Crippen LogP contribution in [-0.2, 0) is 0 Å². The smallest absolute Gasteiger partial charge is 0.467 e. The van der Waals surface area contributed by atoms with Gasteiger partial charge in [0.1, 0.15) is 11.5 Å². The highest BCUT2D eigenvalue weighted by molar-refractivity contribution is 5.36. The molecule has 0 aliphatic heterocycles. The molecule has 20 heavy (non-hydrogen) atoms. The van der Waals surface area contributed by atoms with Gasteiger partial charge in [-0.25, -0.2) is 0 Å². The molecular formula is C14H14F3NO2. The molecule has 1 aromatic heterocycles. The van der Waals surface area contributed by atoms with Crippen LogP contribution in [0, 0.1) is 6.92 Å². The SMILES string of the molecule is CNC(c1cccc(OC(F)(F)F)c1)c1occc1C. The first-order valence-corrected chi connectivity index (χ1v) is 5.97. The largest absolute Gasteiger partial charge is 0.573 e. The van der Waals surface area contributed by atoms with E-state index in [9.17, 15) is 13.2 Å². The molecule has 0 saturated heterocycles. The van der Waals surface area contributed by atoms with Gasteiger partial charge in [0, 0.05) is 0 Å². The number of ether oxygens (including phenoxy) is 1. The Labute approximate surface area is 114 Å². The van der Waals surface area contributed by atoms with Crippen LogP contribution >= 0.6 is 0 Å². The van der Waals surface area contributed by atoms with Gasteiger partial charge in [-0.15, -0.1) is 13.2 Å². The van der Waals surface area contributed by atoms with Crippen molar-refractivity contribution in [2.45, 2.75) is 19.3 Å². The van der Waals surface area contributed by atoms with E-state index in [4.69, 9.17) is 4.42 Å². The second-order valence-electron chi connectivity index (χ2n) is 4.31. The lowest BCUT2D eigenvalue weighted by molar-refractivity contribution is -0.274. The van der Waals surface area contributed by atoms with Crippen LogP contribution in [-0.4, -0.2) is 13.4 Å². The van der Waals surface area contributed by atoms with Crippen LogP contribution in [0.4, 0.5) is 13.2 Å². The van der Waals surface area contributed by atoms with Crippen LogP contribution in [0.5, 0.6) is 5.75 Å². The molecule has 1 N–H and O–H groups in total. The fourth-order valence-corrected chi connectivity index (χ4v) is 2.02. The minimum absolute atomic E-state index is 0.251. The molecule has 1 atom stereocenters. The van der Waals surface area contributed by atoms with Crippen molar-refractivity contribution >= 4 is 0 Å². The Kier molecular flexibility index (Phi) is 4.04. The Bertz CT molecular complexity index is 578. The lowest BCUT2D eigenvalue weighted by Crippen LogP contribution is -2.19. The summed E-state index contributed by atoms with van der Waals surface area (Å²) in [5.41, 5.74) is 1.55. The fourth-order valence-electron chi connectivity index (χ4n) is 2.02. The average Bonchev–Trinajstić information content (AvgIpc) is 2.75. The van der Waals surface area contributed by atoms with Crippen LogP contribution in [0.3, 0.4) is 0 Å². The third kappa shape index (κ3) is 3.33. The van der Waals surface area contributed by atoms with Crippen molar-refractivity contribution in [1.82, 2.24) is 5.32 Å². The Morgan fingerprint density at radius 2 is 2.00 bits per heavy atom.